The second-order valence-corrected chi connectivity index (χ2v) is 12.1. The Kier molecular flexibility index (Phi) is 5.80. The lowest BCUT2D eigenvalue weighted by Gasteiger charge is -2.58. The van der Waals surface area contributed by atoms with Crippen LogP contribution in [0.1, 0.15) is 105 Å². The van der Waals surface area contributed by atoms with E-state index in [9.17, 15) is 5.11 Å². The van der Waals surface area contributed by atoms with Gasteiger partial charge < -0.3 is 5.11 Å². The number of allylic oxidation sites excluding steroid dienone is 1. The lowest BCUT2D eigenvalue weighted by atomic mass is 9.47. The minimum absolute atomic E-state index is 0.148. The highest BCUT2D eigenvalue weighted by molar-refractivity contribution is 5.27. The molecule has 1 heteroatoms. The van der Waals surface area contributed by atoms with E-state index < -0.39 is 0 Å². The molecule has 0 aromatic carbocycles. The summed E-state index contributed by atoms with van der Waals surface area (Å²) in [4.78, 5) is 0. The molecule has 28 heavy (non-hydrogen) atoms. The minimum Gasteiger partial charge on any atom is -0.389 e. The van der Waals surface area contributed by atoms with Crippen LogP contribution in [0.5, 0.6) is 0 Å². The Morgan fingerprint density at radius 2 is 1.79 bits per heavy atom. The maximum absolute atomic E-state index is 10.7. The molecule has 160 valence electrons. The van der Waals surface area contributed by atoms with Crippen LogP contribution in [0.15, 0.2) is 11.6 Å². The van der Waals surface area contributed by atoms with Gasteiger partial charge in [-0.05, 0) is 103 Å². The summed E-state index contributed by atoms with van der Waals surface area (Å²) in [6.45, 7) is 12.5. The molecule has 1 nitrogen and oxygen atoms in total. The zero-order valence-electron chi connectivity index (χ0n) is 19.3. The molecule has 1 N–H and O–H groups in total. The Hall–Kier alpha value is -0.300. The van der Waals surface area contributed by atoms with Gasteiger partial charge in [0.2, 0.25) is 0 Å². The predicted octanol–water partition coefficient (Wildman–Crippen LogP) is 7.39. The van der Waals surface area contributed by atoms with Gasteiger partial charge in [0.1, 0.15) is 0 Å². The molecule has 3 fully saturated rings. The Bertz CT molecular complexity index is 591. The van der Waals surface area contributed by atoms with Crippen molar-refractivity contribution in [2.45, 2.75) is 111 Å². The molecule has 0 radical (unpaired) electrons. The molecule has 0 saturated heterocycles. The number of fused-ring (bicyclic) bond motifs is 5. The smallest absolute Gasteiger partial charge is 0.0755 e. The van der Waals surface area contributed by atoms with E-state index in [2.05, 4.69) is 40.7 Å². The Balaban J connectivity index is 1.50. The van der Waals surface area contributed by atoms with Crippen molar-refractivity contribution in [1.29, 1.82) is 0 Å². The monoisotopic (exact) mass is 386 g/mol. The lowest BCUT2D eigenvalue weighted by molar-refractivity contribution is -0.0590. The van der Waals surface area contributed by atoms with Gasteiger partial charge in [0.05, 0.1) is 6.10 Å². The van der Waals surface area contributed by atoms with Gasteiger partial charge in [-0.25, -0.2) is 0 Å². The molecular formula is C27H46O. The molecule has 0 unspecified atom stereocenters. The average molecular weight is 387 g/mol. The van der Waals surface area contributed by atoms with Gasteiger partial charge in [0.25, 0.3) is 0 Å². The number of aliphatic hydroxyl groups is 1. The highest BCUT2D eigenvalue weighted by Gasteiger charge is 2.59. The van der Waals surface area contributed by atoms with Crippen LogP contribution >= 0.6 is 0 Å². The Morgan fingerprint density at radius 1 is 1.00 bits per heavy atom. The van der Waals surface area contributed by atoms with E-state index in [-0.39, 0.29) is 6.10 Å². The van der Waals surface area contributed by atoms with Crippen LogP contribution in [-0.2, 0) is 0 Å². The fourth-order valence-corrected chi connectivity index (χ4v) is 8.81. The second kappa shape index (κ2) is 7.75. The van der Waals surface area contributed by atoms with E-state index >= 15 is 0 Å². The molecular weight excluding hydrogens is 340 g/mol. The van der Waals surface area contributed by atoms with Gasteiger partial charge >= 0.3 is 0 Å². The molecule has 0 aliphatic heterocycles. The summed E-state index contributed by atoms with van der Waals surface area (Å²) in [7, 11) is 0. The first kappa shape index (κ1) is 21.0. The number of rotatable bonds is 5. The zero-order valence-corrected chi connectivity index (χ0v) is 19.3. The molecule has 3 saturated carbocycles. The van der Waals surface area contributed by atoms with Crippen LogP contribution in [-0.4, -0.2) is 11.2 Å². The topological polar surface area (TPSA) is 20.2 Å². The van der Waals surface area contributed by atoms with Gasteiger partial charge in [0, 0.05) is 0 Å². The summed E-state index contributed by atoms with van der Waals surface area (Å²) in [5.41, 5.74) is 2.30. The normalized spacial score (nSPS) is 46.5. The minimum atomic E-state index is -0.148. The molecule has 4 rings (SSSR count). The first-order valence-corrected chi connectivity index (χ1v) is 12.7. The van der Waals surface area contributed by atoms with Gasteiger partial charge in [-0.3, -0.25) is 0 Å². The summed E-state index contributed by atoms with van der Waals surface area (Å²) >= 11 is 0. The van der Waals surface area contributed by atoms with Crippen LogP contribution in [0.3, 0.4) is 0 Å². The van der Waals surface area contributed by atoms with Crippen molar-refractivity contribution in [2.24, 2.45) is 46.3 Å². The quantitative estimate of drug-likeness (QED) is 0.488. The van der Waals surface area contributed by atoms with Crippen LogP contribution in [0.4, 0.5) is 0 Å². The van der Waals surface area contributed by atoms with Crippen molar-refractivity contribution in [2.75, 3.05) is 0 Å². The Labute approximate surface area is 174 Å². The fourth-order valence-electron chi connectivity index (χ4n) is 8.81. The van der Waals surface area contributed by atoms with E-state index in [0.717, 1.165) is 41.9 Å². The van der Waals surface area contributed by atoms with Crippen molar-refractivity contribution >= 4 is 0 Å². The van der Waals surface area contributed by atoms with Crippen molar-refractivity contribution in [3.63, 3.8) is 0 Å². The van der Waals surface area contributed by atoms with Gasteiger partial charge in [-0.2, -0.15) is 0 Å². The van der Waals surface area contributed by atoms with E-state index in [4.69, 9.17) is 0 Å². The molecule has 0 bridgehead atoms. The first-order chi connectivity index (χ1) is 13.3. The summed E-state index contributed by atoms with van der Waals surface area (Å²) in [6, 6.07) is 0. The second-order valence-electron chi connectivity index (χ2n) is 12.1. The van der Waals surface area contributed by atoms with Crippen molar-refractivity contribution < 1.29 is 5.11 Å². The van der Waals surface area contributed by atoms with Crippen LogP contribution in [0.2, 0.25) is 0 Å². The van der Waals surface area contributed by atoms with E-state index in [0.29, 0.717) is 10.8 Å². The summed E-state index contributed by atoms with van der Waals surface area (Å²) in [5, 5.41) is 10.7. The lowest BCUT2D eigenvalue weighted by Crippen LogP contribution is -2.51. The zero-order chi connectivity index (χ0) is 20.1. The molecule has 8 atom stereocenters. The van der Waals surface area contributed by atoms with Gasteiger partial charge in [0.15, 0.2) is 0 Å². The van der Waals surface area contributed by atoms with Gasteiger partial charge in [-0.15, -0.1) is 0 Å². The van der Waals surface area contributed by atoms with Crippen LogP contribution in [0, 0.1) is 46.3 Å². The highest BCUT2D eigenvalue weighted by atomic mass is 16.3. The molecule has 0 spiro atoms. The summed E-state index contributed by atoms with van der Waals surface area (Å²) in [5.74, 6) is 5.33. The summed E-state index contributed by atoms with van der Waals surface area (Å²) < 4.78 is 0. The standard InChI is InChI=1S/C27H46O/c1-18(2)8-6-9-19(3)21-13-14-22-20-11-12-24-25(28)10-7-16-26(24,4)23(20)15-17-27(21,22)5/h12,18-23,25,28H,6-11,13-17H2,1-5H3/t19-,20+,21-,22+,23+,25+,26-,27-/m1/s1. The SMILES string of the molecule is CC(C)CCC[C@@H](C)[C@H]1CC[C@H]2[C@@H]3CC=C4[C@@H](O)CCC[C@]4(C)[C@H]3CC[C@]12C. The van der Waals surface area contributed by atoms with E-state index in [1.165, 1.54) is 69.8 Å². The van der Waals surface area contributed by atoms with Crippen molar-refractivity contribution in [3.8, 4) is 0 Å². The van der Waals surface area contributed by atoms with Gasteiger partial charge in [-0.1, -0.05) is 60.0 Å². The molecule has 4 aliphatic rings. The molecule has 4 aliphatic carbocycles. The first-order valence-electron chi connectivity index (χ1n) is 12.7. The predicted molar refractivity (Wildman–Crippen MR) is 119 cm³/mol. The third kappa shape index (κ3) is 3.32. The fraction of sp³-hybridized carbons (Fsp3) is 0.926. The van der Waals surface area contributed by atoms with Crippen molar-refractivity contribution in [1.82, 2.24) is 0 Å². The Morgan fingerprint density at radius 3 is 2.54 bits per heavy atom. The molecule has 0 heterocycles. The van der Waals surface area contributed by atoms with Crippen LogP contribution in [0.25, 0.3) is 0 Å². The van der Waals surface area contributed by atoms with E-state index in [1.807, 2.05) is 0 Å². The van der Waals surface area contributed by atoms with Crippen LogP contribution < -0.4 is 0 Å². The largest absolute Gasteiger partial charge is 0.389 e. The molecule has 0 amide bonds. The van der Waals surface area contributed by atoms with E-state index in [1.54, 1.807) is 0 Å². The third-order valence-electron chi connectivity index (χ3n) is 10.3. The summed E-state index contributed by atoms with van der Waals surface area (Å²) in [6.07, 6.45) is 17.2. The highest BCUT2D eigenvalue weighted by Crippen LogP contribution is 2.67. The number of aliphatic hydroxyl groups excluding tert-OH is 1. The van der Waals surface area contributed by atoms with Crippen molar-refractivity contribution in [3.05, 3.63) is 11.6 Å². The maximum Gasteiger partial charge on any atom is 0.0755 e. The average Bonchev–Trinajstić information content (AvgIpc) is 2.98. The third-order valence-corrected chi connectivity index (χ3v) is 10.3. The number of hydrogen-bond acceptors (Lipinski definition) is 1. The maximum atomic E-state index is 10.7. The molecule has 0 aromatic rings. The molecule has 0 aromatic heterocycles. The number of hydrogen-bond donors (Lipinski definition) is 1.